The maximum atomic E-state index is 12.9. The normalized spacial score (nSPS) is 48.9. The van der Waals surface area contributed by atoms with Crippen LogP contribution in [0.15, 0.2) is 24.3 Å². The Balaban J connectivity index is 1.67. The van der Waals surface area contributed by atoms with Crippen LogP contribution in [0, 0.1) is 11.3 Å². The number of aromatic hydroxyl groups is 1. The molecule has 6 atom stereocenters. The lowest BCUT2D eigenvalue weighted by Gasteiger charge is -2.75. The highest BCUT2D eigenvalue weighted by molar-refractivity contribution is 5.81. The number of nitrogens with zero attached hydrogens (tertiary/aromatic N) is 1. The molecule has 6 bridgehead atoms. The molecule has 3 aliphatic heterocycles. The Morgan fingerprint density at radius 2 is 2.18 bits per heavy atom. The van der Waals surface area contributed by atoms with Crippen LogP contribution >= 0.6 is 0 Å². The number of carbonyl (C=O) groups excluding carboxylic acids is 1. The van der Waals surface area contributed by atoms with Gasteiger partial charge in [-0.25, -0.2) is 0 Å². The topological polar surface area (TPSA) is 68.2 Å². The summed E-state index contributed by atoms with van der Waals surface area (Å²) in [5.74, 6) is 0.162. The lowest BCUT2D eigenvalue weighted by molar-refractivity contribution is -0.298. The molecule has 0 aromatic heterocycles. The summed E-state index contributed by atoms with van der Waals surface area (Å²) in [6.45, 7) is 1.10. The third-order valence-corrected chi connectivity index (χ3v) is 9.15. The van der Waals surface area contributed by atoms with Crippen LogP contribution in [0.3, 0.4) is 0 Å². The summed E-state index contributed by atoms with van der Waals surface area (Å²) in [5.41, 5.74) is 0.0874. The molecule has 8 rings (SSSR count). The van der Waals surface area contributed by atoms with Crippen LogP contribution in [-0.4, -0.2) is 60.5 Å². The molecule has 1 saturated carbocycles. The van der Waals surface area contributed by atoms with E-state index in [9.17, 15) is 9.90 Å². The van der Waals surface area contributed by atoms with Gasteiger partial charge in [0.25, 0.3) is 0 Å². The van der Waals surface area contributed by atoms with Gasteiger partial charge in [-0.2, -0.15) is 0 Å². The number of rotatable bonds is 1. The van der Waals surface area contributed by atoms with E-state index < -0.39 is 17.1 Å². The Labute approximate surface area is 163 Å². The van der Waals surface area contributed by atoms with Crippen LogP contribution in [0.4, 0.5) is 0 Å². The molecular weight excluding hydrogens is 358 g/mol. The van der Waals surface area contributed by atoms with Crippen molar-refractivity contribution in [1.82, 2.24) is 4.90 Å². The first-order valence-electron chi connectivity index (χ1n) is 10.1. The number of piperidine rings is 1. The van der Waals surface area contributed by atoms with Crippen molar-refractivity contribution < 1.29 is 24.1 Å². The predicted octanol–water partition coefficient (Wildman–Crippen LogP) is 1.54. The first-order valence-corrected chi connectivity index (χ1v) is 10.1. The van der Waals surface area contributed by atoms with E-state index in [0.717, 1.165) is 24.9 Å². The van der Waals surface area contributed by atoms with E-state index in [4.69, 9.17) is 14.2 Å². The molecule has 1 N–H and O–H groups in total. The first-order chi connectivity index (χ1) is 13.5. The molecule has 0 radical (unpaired) electrons. The third-order valence-electron chi connectivity index (χ3n) is 9.15. The van der Waals surface area contributed by atoms with Crippen LogP contribution in [0.1, 0.15) is 24.0 Å². The minimum absolute atomic E-state index is 0.159. The number of cyclic esters (lactones) is 1. The summed E-state index contributed by atoms with van der Waals surface area (Å²) in [6, 6.07) is 4.08. The molecule has 6 heteroatoms. The zero-order valence-electron chi connectivity index (χ0n) is 16.0. The van der Waals surface area contributed by atoms with Crippen molar-refractivity contribution in [3.05, 3.63) is 35.4 Å². The number of likely N-dealkylation sites (N-methyl/N-ethyl adjacent to an activating group) is 1. The Kier molecular flexibility index (Phi) is 2.41. The van der Waals surface area contributed by atoms with E-state index in [1.165, 1.54) is 5.56 Å². The maximum Gasteiger partial charge on any atom is 0.312 e. The van der Waals surface area contributed by atoms with Gasteiger partial charge in [0, 0.05) is 24.1 Å². The van der Waals surface area contributed by atoms with Gasteiger partial charge in [-0.15, -0.1) is 0 Å². The highest BCUT2D eigenvalue weighted by Crippen LogP contribution is 2.79. The molecule has 4 aliphatic carbocycles. The van der Waals surface area contributed by atoms with Gasteiger partial charge in [0.2, 0.25) is 0 Å². The standard InChI is InChI=1S/C22H23NO5/c1-23-8-7-20-16-12-3-4-14(24)17(16)28-22(20)11-27-18(25)13-10-19(20,15(23)9-12)5-6-21(13,22)26-2/h3-6,13,15,24H,7-11H2,1-2H3/t13?,15?,19?,20-,21?,22?/m1/s1. The number of hydrogen-bond donors (Lipinski definition) is 1. The Morgan fingerprint density at radius 3 is 3.00 bits per heavy atom. The highest BCUT2D eigenvalue weighted by atomic mass is 16.6. The van der Waals surface area contributed by atoms with Crippen LogP contribution in [-0.2, 0) is 26.1 Å². The summed E-state index contributed by atoms with van der Waals surface area (Å²) in [4.78, 5) is 15.3. The van der Waals surface area contributed by atoms with E-state index in [-0.39, 0.29) is 35.2 Å². The summed E-state index contributed by atoms with van der Waals surface area (Å²) in [5, 5.41) is 10.7. The first kappa shape index (κ1) is 15.8. The number of esters is 1. The number of benzene rings is 1. The van der Waals surface area contributed by atoms with Gasteiger partial charge >= 0.3 is 5.97 Å². The molecule has 3 fully saturated rings. The quantitative estimate of drug-likeness (QED) is 0.588. The minimum Gasteiger partial charge on any atom is -0.504 e. The van der Waals surface area contributed by atoms with Gasteiger partial charge in [0.05, 0.1) is 11.3 Å². The molecule has 3 spiro atoms. The van der Waals surface area contributed by atoms with Gasteiger partial charge in [-0.05, 0) is 44.5 Å². The summed E-state index contributed by atoms with van der Waals surface area (Å²) in [6.07, 6.45) is 6.91. The molecule has 0 amide bonds. The fraction of sp³-hybridized carbons (Fsp3) is 0.591. The maximum absolute atomic E-state index is 12.9. The Bertz CT molecular complexity index is 1000. The summed E-state index contributed by atoms with van der Waals surface area (Å²) >= 11 is 0. The Hall–Kier alpha value is -2.05. The lowest BCUT2D eigenvalue weighted by Crippen LogP contribution is -2.87. The van der Waals surface area contributed by atoms with Crippen molar-refractivity contribution >= 4 is 5.97 Å². The Morgan fingerprint density at radius 1 is 1.32 bits per heavy atom. The molecule has 2 saturated heterocycles. The fourth-order valence-electron chi connectivity index (χ4n) is 8.22. The number of ether oxygens (including phenoxy) is 3. The van der Waals surface area contributed by atoms with Crippen LogP contribution in [0.2, 0.25) is 0 Å². The SMILES string of the molecule is COC12C=CC34CC1C(=O)OCC21Oc2c(O)ccc5c2[C@]31CCN(C)C4C5. The zero-order chi connectivity index (χ0) is 19.1. The van der Waals surface area contributed by atoms with Crippen molar-refractivity contribution in [2.45, 2.75) is 41.9 Å². The van der Waals surface area contributed by atoms with Crippen LogP contribution < -0.4 is 4.74 Å². The van der Waals surface area contributed by atoms with Crippen LogP contribution in [0.25, 0.3) is 0 Å². The second-order valence-corrected chi connectivity index (χ2v) is 9.47. The molecule has 146 valence electrons. The average Bonchev–Trinajstić information content (AvgIpc) is 3.02. The molecule has 5 unspecified atom stereocenters. The predicted molar refractivity (Wildman–Crippen MR) is 98.3 cm³/mol. The van der Waals surface area contributed by atoms with Gasteiger partial charge in [-0.1, -0.05) is 18.2 Å². The number of likely N-dealkylation sites (tertiary alicyclic amines) is 1. The van der Waals surface area contributed by atoms with Crippen molar-refractivity contribution in [1.29, 1.82) is 0 Å². The van der Waals surface area contributed by atoms with E-state index in [0.29, 0.717) is 12.2 Å². The summed E-state index contributed by atoms with van der Waals surface area (Å²) < 4.78 is 18.7. The average molecular weight is 381 g/mol. The van der Waals surface area contributed by atoms with Gasteiger partial charge < -0.3 is 24.2 Å². The molecule has 1 aromatic rings. The number of methoxy groups -OCH3 is 1. The third kappa shape index (κ3) is 1.17. The van der Waals surface area contributed by atoms with Crippen molar-refractivity contribution in [3.63, 3.8) is 0 Å². The fourth-order valence-corrected chi connectivity index (χ4v) is 8.22. The summed E-state index contributed by atoms with van der Waals surface area (Å²) in [7, 11) is 3.87. The molecule has 28 heavy (non-hydrogen) atoms. The monoisotopic (exact) mass is 381 g/mol. The minimum atomic E-state index is -0.870. The number of hydrogen-bond acceptors (Lipinski definition) is 6. The van der Waals surface area contributed by atoms with Crippen molar-refractivity contribution in [2.75, 3.05) is 27.3 Å². The highest BCUT2D eigenvalue weighted by Gasteiger charge is 2.88. The van der Waals surface area contributed by atoms with E-state index >= 15 is 0 Å². The van der Waals surface area contributed by atoms with Gasteiger partial charge in [-0.3, -0.25) is 4.79 Å². The second kappa shape index (κ2) is 4.26. The molecular formula is C22H23NO5. The van der Waals surface area contributed by atoms with Gasteiger partial charge in [0.1, 0.15) is 12.2 Å². The second-order valence-electron chi connectivity index (χ2n) is 9.47. The molecule has 1 aromatic carbocycles. The van der Waals surface area contributed by atoms with E-state index in [2.05, 4.69) is 30.2 Å². The number of phenolic OH excluding ortho intramolecular Hbond substituents is 1. The zero-order valence-corrected chi connectivity index (χ0v) is 16.0. The van der Waals surface area contributed by atoms with Gasteiger partial charge in [0.15, 0.2) is 17.1 Å². The largest absolute Gasteiger partial charge is 0.504 e. The smallest absolute Gasteiger partial charge is 0.312 e. The molecule has 7 aliphatic rings. The lowest BCUT2D eigenvalue weighted by atomic mass is 9.33. The van der Waals surface area contributed by atoms with E-state index in [1.54, 1.807) is 13.2 Å². The number of carbonyl (C=O) groups is 1. The van der Waals surface area contributed by atoms with E-state index in [1.807, 2.05) is 0 Å². The van der Waals surface area contributed by atoms with Crippen molar-refractivity contribution in [3.8, 4) is 11.5 Å². The number of phenols is 1. The molecule has 6 nitrogen and oxygen atoms in total. The van der Waals surface area contributed by atoms with Crippen molar-refractivity contribution in [2.24, 2.45) is 11.3 Å². The van der Waals surface area contributed by atoms with Crippen LogP contribution in [0.5, 0.6) is 11.5 Å². The molecule has 3 heterocycles.